The third-order valence-corrected chi connectivity index (χ3v) is 2.64. The summed E-state index contributed by atoms with van der Waals surface area (Å²) >= 11 is 0. The predicted molar refractivity (Wildman–Crippen MR) is 64.6 cm³/mol. The van der Waals surface area contributed by atoms with E-state index in [1.807, 2.05) is 13.8 Å². The van der Waals surface area contributed by atoms with Crippen molar-refractivity contribution in [3.8, 4) is 0 Å². The van der Waals surface area contributed by atoms with Crippen molar-refractivity contribution in [3.63, 3.8) is 0 Å². The van der Waals surface area contributed by atoms with Crippen LogP contribution in [0.2, 0.25) is 0 Å². The van der Waals surface area contributed by atoms with Crippen LogP contribution in [-0.4, -0.2) is 34.7 Å². The average Bonchev–Trinajstić information content (AvgIpc) is 2.23. The Hall–Kier alpha value is -1.10. The SMILES string of the molecule is CC(C)C(CCO)NC(=O)CCCCC(=O)O. The molecule has 0 radical (unpaired) electrons. The number of rotatable bonds is 9. The highest BCUT2D eigenvalue weighted by atomic mass is 16.4. The quantitative estimate of drug-likeness (QED) is 0.532. The molecule has 0 bridgehead atoms. The molecule has 0 aliphatic carbocycles. The van der Waals surface area contributed by atoms with Crippen LogP contribution in [0.25, 0.3) is 0 Å². The highest BCUT2D eigenvalue weighted by Crippen LogP contribution is 2.07. The van der Waals surface area contributed by atoms with E-state index in [9.17, 15) is 9.59 Å². The first-order valence-electron chi connectivity index (χ1n) is 6.09. The standard InChI is InChI=1S/C12H23NO4/c1-9(2)10(7-8-14)13-11(15)5-3-4-6-12(16)17/h9-10,14H,3-8H2,1-2H3,(H,13,15)(H,16,17). The van der Waals surface area contributed by atoms with E-state index in [1.54, 1.807) is 0 Å². The minimum absolute atomic E-state index is 0.00743. The average molecular weight is 245 g/mol. The molecule has 1 atom stereocenters. The van der Waals surface area contributed by atoms with Crippen molar-refractivity contribution in [3.05, 3.63) is 0 Å². The van der Waals surface area contributed by atoms with Crippen LogP contribution in [0.1, 0.15) is 46.0 Å². The third-order valence-electron chi connectivity index (χ3n) is 2.64. The van der Waals surface area contributed by atoms with Gasteiger partial charge in [-0.25, -0.2) is 0 Å². The Morgan fingerprint density at radius 3 is 2.24 bits per heavy atom. The van der Waals surface area contributed by atoms with Gasteiger partial charge in [-0.15, -0.1) is 0 Å². The maximum absolute atomic E-state index is 11.5. The molecule has 3 N–H and O–H groups in total. The zero-order valence-corrected chi connectivity index (χ0v) is 10.6. The number of amides is 1. The van der Waals surface area contributed by atoms with E-state index in [2.05, 4.69) is 5.32 Å². The Bertz CT molecular complexity index is 241. The lowest BCUT2D eigenvalue weighted by Gasteiger charge is -2.21. The van der Waals surface area contributed by atoms with Crippen molar-refractivity contribution in [2.75, 3.05) is 6.61 Å². The summed E-state index contributed by atoms with van der Waals surface area (Å²) in [7, 11) is 0. The van der Waals surface area contributed by atoms with Crippen molar-refractivity contribution in [2.45, 2.75) is 52.0 Å². The molecule has 0 fully saturated rings. The second kappa shape index (κ2) is 8.98. The maximum Gasteiger partial charge on any atom is 0.303 e. The first kappa shape index (κ1) is 15.9. The lowest BCUT2D eigenvalue weighted by molar-refractivity contribution is -0.137. The molecule has 1 unspecified atom stereocenters. The number of aliphatic hydroxyl groups is 1. The molecule has 1 amide bonds. The molecule has 0 saturated heterocycles. The summed E-state index contributed by atoms with van der Waals surface area (Å²) in [6, 6.07) is -0.00743. The van der Waals surface area contributed by atoms with E-state index in [0.717, 1.165) is 0 Å². The number of unbranched alkanes of at least 4 members (excludes halogenated alkanes) is 1. The summed E-state index contributed by atoms with van der Waals surface area (Å²) in [5, 5.41) is 20.2. The molecule has 0 aromatic heterocycles. The van der Waals surface area contributed by atoms with Crippen LogP contribution in [0.4, 0.5) is 0 Å². The van der Waals surface area contributed by atoms with E-state index in [-0.39, 0.29) is 30.9 Å². The van der Waals surface area contributed by atoms with Crippen molar-refractivity contribution < 1.29 is 19.8 Å². The van der Waals surface area contributed by atoms with Gasteiger partial charge in [-0.2, -0.15) is 0 Å². The van der Waals surface area contributed by atoms with E-state index < -0.39 is 5.97 Å². The minimum Gasteiger partial charge on any atom is -0.481 e. The van der Waals surface area contributed by atoms with Crippen molar-refractivity contribution >= 4 is 11.9 Å². The summed E-state index contributed by atoms with van der Waals surface area (Å²) in [4.78, 5) is 21.8. The Balaban J connectivity index is 3.78. The van der Waals surface area contributed by atoms with Gasteiger partial charge in [0.15, 0.2) is 0 Å². The number of carbonyl (C=O) groups excluding carboxylic acids is 1. The molecule has 5 nitrogen and oxygen atoms in total. The summed E-state index contributed by atoms with van der Waals surface area (Å²) < 4.78 is 0. The molecule has 0 rings (SSSR count). The number of aliphatic carboxylic acids is 1. The summed E-state index contributed by atoms with van der Waals surface area (Å²) in [6.45, 7) is 4.04. The number of hydrogen-bond donors (Lipinski definition) is 3. The molecule has 0 aliphatic heterocycles. The number of carboxylic acids is 1. The molecule has 5 heteroatoms. The van der Waals surface area contributed by atoms with Crippen LogP contribution in [0.3, 0.4) is 0 Å². The van der Waals surface area contributed by atoms with Gasteiger partial charge in [0, 0.05) is 25.5 Å². The van der Waals surface area contributed by atoms with Crippen LogP contribution >= 0.6 is 0 Å². The monoisotopic (exact) mass is 245 g/mol. The number of carbonyl (C=O) groups is 2. The van der Waals surface area contributed by atoms with Crippen molar-refractivity contribution in [1.82, 2.24) is 5.32 Å². The van der Waals surface area contributed by atoms with Gasteiger partial charge in [0.05, 0.1) is 0 Å². The van der Waals surface area contributed by atoms with Gasteiger partial charge >= 0.3 is 5.97 Å². The Morgan fingerprint density at radius 1 is 1.18 bits per heavy atom. The van der Waals surface area contributed by atoms with E-state index in [0.29, 0.717) is 25.7 Å². The highest BCUT2D eigenvalue weighted by Gasteiger charge is 2.15. The Labute approximate surface area is 102 Å². The number of nitrogens with one attached hydrogen (secondary N) is 1. The van der Waals surface area contributed by atoms with Gasteiger partial charge in [-0.1, -0.05) is 13.8 Å². The lowest BCUT2D eigenvalue weighted by atomic mass is 10.0. The van der Waals surface area contributed by atoms with Crippen LogP contribution < -0.4 is 5.32 Å². The third kappa shape index (κ3) is 8.68. The van der Waals surface area contributed by atoms with Crippen molar-refractivity contribution in [2.24, 2.45) is 5.92 Å². The Kier molecular flexibility index (Phi) is 8.40. The summed E-state index contributed by atoms with van der Waals surface area (Å²) in [5.41, 5.74) is 0. The zero-order valence-electron chi connectivity index (χ0n) is 10.6. The van der Waals surface area contributed by atoms with Gasteiger partial charge in [0.25, 0.3) is 0 Å². The Morgan fingerprint density at radius 2 is 1.76 bits per heavy atom. The number of aliphatic hydroxyl groups excluding tert-OH is 1. The van der Waals surface area contributed by atoms with E-state index >= 15 is 0 Å². The molecule has 100 valence electrons. The van der Waals surface area contributed by atoms with E-state index in [4.69, 9.17) is 10.2 Å². The fraction of sp³-hybridized carbons (Fsp3) is 0.833. The first-order valence-corrected chi connectivity index (χ1v) is 6.09. The van der Waals surface area contributed by atoms with Gasteiger partial charge in [-0.05, 0) is 25.2 Å². The molecular formula is C12H23NO4. The predicted octanol–water partition coefficient (Wildman–Crippen LogP) is 1.15. The first-order chi connectivity index (χ1) is 7.97. The summed E-state index contributed by atoms with van der Waals surface area (Å²) in [5.74, 6) is -0.613. The molecule has 0 aromatic carbocycles. The smallest absolute Gasteiger partial charge is 0.303 e. The zero-order chi connectivity index (χ0) is 13.3. The van der Waals surface area contributed by atoms with Crippen LogP contribution in [-0.2, 0) is 9.59 Å². The van der Waals surface area contributed by atoms with E-state index in [1.165, 1.54) is 0 Å². The normalized spacial score (nSPS) is 12.5. The maximum atomic E-state index is 11.5. The lowest BCUT2D eigenvalue weighted by Crippen LogP contribution is -2.39. The van der Waals surface area contributed by atoms with Crippen LogP contribution in [0.15, 0.2) is 0 Å². The molecule has 0 aliphatic rings. The summed E-state index contributed by atoms with van der Waals surface area (Å²) in [6.07, 6.45) is 2.12. The number of hydrogen-bond acceptors (Lipinski definition) is 3. The fourth-order valence-corrected chi connectivity index (χ4v) is 1.55. The topological polar surface area (TPSA) is 86.6 Å². The molecular weight excluding hydrogens is 222 g/mol. The molecule has 17 heavy (non-hydrogen) atoms. The van der Waals surface area contributed by atoms with Gasteiger partial charge in [-0.3, -0.25) is 9.59 Å². The van der Waals surface area contributed by atoms with Gasteiger partial charge in [0.1, 0.15) is 0 Å². The number of carboxylic acid groups (broad SMARTS) is 1. The van der Waals surface area contributed by atoms with Gasteiger partial charge < -0.3 is 15.5 Å². The molecule has 0 aromatic rings. The minimum atomic E-state index is -0.828. The highest BCUT2D eigenvalue weighted by molar-refractivity contribution is 5.76. The van der Waals surface area contributed by atoms with Gasteiger partial charge in [0.2, 0.25) is 5.91 Å². The fourth-order valence-electron chi connectivity index (χ4n) is 1.55. The second-order valence-electron chi connectivity index (χ2n) is 4.53. The van der Waals surface area contributed by atoms with Crippen LogP contribution in [0, 0.1) is 5.92 Å². The molecule has 0 heterocycles. The molecule has 0 saturated carbocycles. The van der Waals surface area contributed by atoms with Crippen LogP contribution in [0.5, 0.6) is 0 Å². The largest absolute Gasteiger partial charge is 0.481 e. The second-order valence-corrected chi connectivity index (χ2v) is 4.53. The van der Waals surface area contributed by atoms with Crippen molar-refractivity contribution in [1.29, 1.82) is 0 Å². The molecule has 0 spiro atoms.